The topological polar surface area (TPSA) is 59.6 Å². The van der Waals surface area contributed by atoms with Gasteiger partial charge < -0.3 is 20.1 Å². The molecule has 2 aromatic rings. The number of methoxy groups -OCH3 is 2. The minimum absolute atomic E-state index is 0.0217. The van der Waals surface area contributed by atoms with Gasteiger partial charge in [0.25, 0.3) is 0 Å². The standard InChI is InChI=1S/C18H21BrN2O3/c1-23-16-8-3-13(17(11-16)24-2)12-20-10-9-18(22)21-15-6-4-14(19)5-7-15/h3-8,11,20H,9-10,12H2,1-2H3,(H,21,22). The molecule has 0 spiro atoms. The zero-order valence-corrected chi connectivity index (χ0v) is 15.4. The van der Waals surface area contributed by atoms with Crippen molar-refractivity contribution in [3.8, 4) is 11.5 Å². The average molecular weight is 393 g/mol. The maximum absolute atomic E-state index is 11.9. The lowest BCUT2D eigenvalue weighted by Gasteiger charge is -2.11. The number of hydrogen-bond acceptors (Lipinski definition) is 4. The predicted molar refractivity (Wildman–Crippen MR) is 98.6 cm³/mol. The third kappa shape index (κ3) is 5.54. The molecule has 0 radical (unpaired) electrons. The molecule has 0 atom stereocenters. The summed E-state index contributed by atoms with van der Waals surface area (Å²) in [6.45, 7) is 1.20. The zero-order valence-electron chi connectivity index (χ0n) is 13.8. The van der Waals surface area contributed by atoms with E-state index < -0.39 is 0 Å². The second kappa shape index (κ2) is 9.30. The van der Waals surface area contributed by atoms with E-state index in [1.807, 2.05) is 42.5 Å². The summed E-state index contributed by atoms with van der Waals surface area (Å²) in [5, 5.41) is 6.11. The van der Waals surface area contributed by atoms with E-state index in [2.05, 4.69) is 26.6 Å². The van der Waals surface area contributed by atoms with Crippen LogP contribution in [0, 0.1) is 0 Å². The summed E-state index contributed by atoms with van der Waals surface area (Å²) in [5.41, 5.74) is 1.81. The van der Waals surface area contributed by atoms with Crippen molar-refractivity contribution < 1.29 is 14.3 Å². The Morgan fingerprint density at radius 1 is 1.08 bits per heavy atom. The first-order valence-electron chi connectivity index (χ1n) is 7.59. The molecule has 0 fully saturated rings. The molecule has 2 aromatic carbocycles. The predicted octanol–water partition coefficient (Wildman–Crippen LogP) is 3.58. The average Bonchev–Trinajstić information content (AvgIpc) is 2.60. The van der Waals surface area contributed by atoms with Crippen LogP contribution in [0.5, 0.6) is 11.5 Å². The molecule has 0 aromatic heterocycles. The highest BCUT2D eigenvalue weighted by Crippen LogP contribution is 2.24. The summed E-state index contributed by atoms with van der Waals surface area (Å²) < 4.78 is 11.5. The van der Waals surface area contributed by atoms with Gasteiger partial charge in [-0.2, -0.15) is 0 Å². The van der Waals surface area contributed by atoms with Crippen molar-refractivity contribution in [2.45, 2.75) is 13.0 Å². The summed E-state index contributed by atoms with van der Waals surface area (Å²) in [4.78, 5) is 11.9. The first-order chi connectivity index (χ1) is 11.6. The smallest absolute Gasteiger partial charge is 0.225 e. The summed E-state index contributed by atoms with van der Waals surface area (Å²) in [6, 6.07) is 13.2. The summed E-state index contributed by atoms with van der Waals surface area (Å²) >= 11 is 3.37. The number of carbonyl (C=O) groups excluding carboxylic acids is 1. The zero-order chi connectivity index (χ0) is 17.4. The van der Waals surface area contributed by atoms with Crippen LogP contribution in [0.4, 0.5) is 5.69 Å². The van der Waals surface area contributed by atoms with Crippen LogP contribution < -0.4 is 20.1 Å². The van der Waals surface area contributed by atoms with Crippen LogP contribution in [0.1, 0.15) is 12.0 Å². The maximum atomic E-state index is 11.9. The highest BCUT2D eigenvalue weighted by atomic mass is 79.9. The Morgan fingerprint density at radius 2 is 1.83 bits per heavy atom. The number of rotatable bonds is 8. The van der Waals surface area contributed by atoms with Gasteiger partial charge in [0.2, 0.25) is 5.91 Å². The van der Waals surface area contributed by atoms with Crippen molar-refractivity contribution in [1.29, 1.82) is 0 Å². The molecule has 0 aliphatic rings. The van der Waals surface area contributed by atoms with Gasteiger partial charge in [0.1, 0.15) is 11.5 Å². The number of hydrogen-bond donors (Lipinski definition) is 2. The van der Waals surface area contributed by atoms with E-state index in [0.717, 1.165) is 27.2 Å². The molecule has 0 heterocycles. The van der Waals surface area contributed by atoms with Gasteiger partial charge in [0.05, 0.1) is 14.2 Å². The largest absolute Gasteiger partial charge is 0.497 e. The summed E-state index contributed by atoms with van der Waals surface area (Å²) in [6.07, 6.45) is 0.397. The van der Waals surface area contributed by atoms with Gasteiger partial charge in [0, 0.05) is 41.3 Å². The fraction of sp³-hybridized carbons (Fsp3) is 0.278. The third-order valence-corrected chi connectivity index (χ3v) is 4.00. The number of benzene rings is 2. The van der Waals surface area contributed by atoms with Gasteiger partial charge in [-0.1, -0.05) is 22.0 Å². The molecule has 0 saturated carbocycles. The Labute approximate surface area is 150 Å². The van der Waals surface area contributed by atoms with Crippen molar-refractivity contribution in [1.82, 2.24) is 5.32 Å². The monoisotopic (exact) mass is 392 g/mol. The van der Waals surface area contributed by atoms with Gasteiger partial charge in [-0.25, -0.2) is 0 Å². The number of amides is 1. The van der Waals surface area contributed by atoms with Crippen LogP contribution in [0.25, 0.3) is 0 Å². The highest BCUT2D eigenvalue weighted by Gasteiger charge is 2.06. The van der Waals surface area contributed by atoms with Crippen LogP contribution in [-0.4, -0.2) is 26.7 Å². The quantitative estimate of drug-likeness (QED) is 0.673. The molecule has 128 valence electrons. The lowest BCUT2D eigenvalue weighted by atomic mass is 10.2. The molecule has 2 rings (SSSR count). The van der Waals surface area contributed by atoms with Crippen molar-refractivity contribution >= 4 is 27.5 Å². The van der Waals surface area contributed by atoms with Gasteiger partial charge in [-0.3, -0.25) is 4.79 Å². The molecule has 0 aliphatic carbocycles. The molecule has 0 unspecified atom stereocenters. The molecule has 0 saturated heterocycles. The van der Waals surface area contributed by atoms with Crippen LogP contribution in [0.15, 0.2) is 46.9 Å². The molecule has 5 nitrogen and oxygen atoms in total. The van der Waals surface area contributed by atoms with E-state index in [1.165, 1.54) is 0 Å². The van der Waals surface area contributed by atoms with E-state index in [-0.39, 0.29) is 5.91 Å². The molecule has 0 bridgehead atoms. The minimum atomic E-state index is -0.0217. The van der Waals surface area contributed by atoms with E-state index in [0.29, 0.717) is 19.5 Å². The Balaban J connectivity index is 1.76. The Morgan fingerprint density at radius 3 is 2.50 bits per heavy atom. The molecule has 0 aliphatic heterocycles. The number of carbonyl (C=O) groups is 1. The van der Waals surface area contributed by atoms with Gasteiger partial charge >= 0.3 is 0 Å². The molecular weight excluding hydrogens is 372 g/mol. The van der Waals surface area contributed by atoms with E-state index in [4.69, 9.17) is 9.47 Å². The van der Waals surface area contributed by atoms with Crippen molar-refractivity contribution in [2.75, 3.05) is 26.1 Å². The fourth-order valence-electron chi connectivity index (χ4n) is 2.18. The molecule has 1 amide bonds. The lowest BCUT2D eigenvalue weighted by Crippen LogP contribution is -2.21. The van der Waals surface area contributed by atoms with Gasteiger partial charge in [0.15, 0.2) is 0 Å². The normalized spacial score (nSPS) is 10.3. The van der Waals surface area contributed by atoms with E-state index in [1.54, 1.807) is 14.2 Å². The van der Waals surface area contributed by atoms with Crippen LogP contribution in [0.2, 0.25) is 0 Å². The maximum Gasteiger partial charge on any atom is 0.225 e. The summed E-state index contributed by atoms with van der Waals surface area (Å²) in [5.74, 6) is 1.50. The fourth-order valence-corrected chi connectivity index (χ4v) is 2.44. The highest BCUT2D eigenvalue weighted by molar-refractivity contribution is 9.10. The Kier molecular flexibility index (Phi) is 7.08. The number of nitrogens with one attached hydrogen (secondary N) is 2. The Bertz CT molecular complexity index is 674. The van der Waals surface area contributed by atoms with E-state index >= 15 is 0 Å². The Hall–Kier alpha value is -2.05. The summed E-state index contributed by atoms with van der Waals surface area (Å²) in [7, 11) is 3.25. The lowest BCUT2D eigenvalue weighted by molar-refractivity contribution is -0.116. The SMILES string of the molecule is COc1ccc(CNCCC(=O)Nc2ccc(Br)cc2)c(OC)c1. The van der Waals surface area contributed by atoms with Gasteiger partial charge in [-0.05, 0) is 30.3 Å². The molecular formula is C18H21BrN2O3. The second-order valence-corrected chi connectivity index (χ2v) is 6.08. The first-order valence-corrected chi connectivity index (χ1v) is 8.38. The second-order valence-electron chi connectivity index (χ2n) is 5.16. The third-order valence-electron chi connectivity index (χ3n) is 3.47. The van der Waals surface area contributed by atoms with Gasteiger partial charge in [-0.15, -0.1) is 0 Å². The van der Waals surface area contributed by atoms with Crippen LogP contribution >= 0.6 is 15.9 Å². The number of halogens is 1. The van der Waals surface area contributed by atoms with Crippen molar-refractivity contribution in [2.24, 2.45) is 0 Å². The number of anilines is 1. The van der Waals surface area contributed by atoms with Crippen LogP contribution in [-0.2, 0) is 11.3 Å². The van der Waals surface area contributed by atoms with E-state index in [9.17, 15) is 4.79 Å². The van der Waals surface area contributed by atoms with Crippen LogP contribution in [0.3, 0.4) is 0 Å². The number of ether oxygens (including phenoxy) is 2. The molecule has 2 N–H and O–H groups in total. The molecule has 6 heteroatoms. The minimum Gasteiger partial charge on any atom is -0.497 e. The van der Waals surface area contributed by atoms with Crippen molar-refractivity contribution in [3.05, 3.63) is 52.5 Å². The molecule has 24 heavy (non-hydrogen) atoms. The van der Waals surface area contributed by atoms with Crippen molar-refractivity contribution in [3.63, 3.8) is 0 Å². The first kappa shape index (κ1) is 18.3.